The molecule has 5 atom stereocenters. The summed E-state index contributed by atoms with van der Waals surface area (Å²) in [5.74, 6) is 0.662. The van der Waals surface area contributed by atoms with Crippen molar-refractivity contribution < 1.29 is 28.5 Å². The van der Waals surface area contributed by atoms with Gasteiger partial charge < -0.3 is 40.5 Å². The molecule has 1 spiro atoms. The molecule has 2 fully saturated rings. The van der Waals surface area contributed by atoms with Crippen molar-refractivity contribution in [1.29, 1.82) is 0 Å². The van der Waals surface area contributed by atoms with Crippen LogP contribution in [0.25, 0.3) is 22.2 Å². The van der Waals surface area contributed by atoms with Gasteiger partial charge >= 0.3 is 5.97 Å². The Morgan fingerprint density at radius 2 is 1.92 bits per heavy atom. The summed E-state index contributed by atoms with van der Waals surface area (Å²) >= 11 is 0. The van der Waals surface area contributed by atoms with Crippen LogP contribution in [0.5, 0.6) is 11.5 Å². The minimum absolute atomic E-state index is 0.0899. The molecule has 12 heteroatoms. The van der Waals surface area contributed by atoms with Gasteiger partial charge in [-0.25, -0.2) is 14.8 Å². The van der Waals surface area contributed by atoms with Gasteiger partial charge in [-0.3, -0.25) is 4.79 Å². The molecule has 0 aliphatic carbocycles. The zero-order chi connectivity index (χ0) is 34.0. The van der Waals surface area contributed by atoms with E-state index in [1.54, 1.807) is 25.3 Å². The molecule has 7 rings (SSSR count). The lowest BCUT2D eigenvalue weighted by molar-refractivity contribution is -0.170. The van der Waals surface area contributed by atoms with Crippen molar-refractivity contribution >= 4 is 28.6 Å². The summed E-state index contributed by atoms with van der Waals surface area (Å²) in [5, 5.41) is 15.0. The normalized spacial score (nSPS) is 26.0. The molecule has 6 N–H and O–H groups in total. The van der Waals surface area contributed by atoms with Crippen LogP contribution in [0.2, 0.25) is 0 Å². The quantitative estimate of drug-likeness (QED) is 0.170. The molecule has 0 saturated carbocycles. The number of nitrogen functional groups attached to an aromatic ring is 2. The summed E-state index contributed by atoms with van der Waals surface area (Å²) in [6.07, 6.45) is 3.48. The van der Waals surface area contributed by atoms with Crippen molar-refractivity contribution in [3.05, 3.63) is 69.7 Å². The molecule has 6 heterocycles. The third-order valence-corrected chi connectivity index (χ3v) is 9.99. The number of esters is 1. The Bertz CT molecular complexity index is 1980. The first-order chi connectivity index (χ1) is 22.9. The maximum Gasteiger partial charge on any atom is 0.341 e. The van der Waals surface area contributed by atoms with Crippen molar-refractivity contribution in [2.75, 3.05) is 25.1 Å². The minimum atomic E-state index is -1.10. The molecule has 0 amide bonds. The summed E-state index contributed by atoms with van der Waals surface area (Å²) < 4.78 is 24.9. The zero-order valence-electron chi connectivity index (χ0n) is 27.5. The molecule has 4 aromatic rings. The van der Waals surface area contributed by atoms with Crippen LogP contribution in [0.4, 0.5) is 11.6 Å². The highest BCUT2D eigenvalue weighted by atomic mass is 16.7. The maximum absolute atomic E-state index is 14.2. The van der Waals surface area contributed by atoms with E-state index < -0.39 is 29.2 Å². The molecule has 2 saturated heterocycles. The van der Waals surface area contributed by atoms with E-state index in [9.17, 15) is 14.7 Å². The Morgan fingerprint density at radius 1 is 1.10 bits per heavy atom. The lowest BCUT2D eigenvalue weighted by atomic mass is 9.75. The number of carbonyl (C=O) groups is 1. The number of nitrogens with one attached hydrogen (secondary N) is 1. The number of nitrogens with zero attached hydrogens (tertiary/aromatic N) is 2. The third-order valence-electron chi connectivity index (χ3n) is 9.99. The molecule has 0 bridgehead atoms. The minimum Gasteiger partial charge on any atom is -0.507 e. The summed E-state index contributed by atoms with van der Waals surface area (Å²) in [7, 11) is 1.90. The number of aromatic hydroxyl groups is 1. The molecule has 252 valence electrons. The molecule has 48 heavy (non-hydrogen) atoms. The summed E-state index contributed by atoms with van der Waals surface area (Å²) in [4.78, 5) is 35.7. The van der Waals surface area contributed by atoms with Crippen molar-refractivity contribution in [2.24, 2.45) is 5.92 Å². The molecular weight excluding hydrogens is 614 g/mol. The van der Waals surface area contributed by atoms with Gasteiger partial charge in [-0.1, -0.05) is 0 Å². The van der Waals surface area contributed by atoms with Gasteiger partial charge in [0.25, 0.3) is 0 Å². The molecule has 5 unspecified atom stereocenters. The van der Waals surface area contributed by atoms with Gasteiger partial charge in [0.1, 0.15) is 51.6 Å². The van der Waals surface area contributed by atoms with E-state index in [1.165, 1.54) is 6.07 Å². The third kappa shape index (κ3) is 5.62. The van der Waals surface area contributed by atoms with Gasteiger partial charge in [-0.15, -0.1) is 0 Å². The first kappa shape index (κ1) is 31.9. The van der Waals surface area contributed by atoms with Gasteiger partial charge in [0.15, 0.2) is 11.0 Å². The first-order valence-electron chi connectivity index (χ1n) is 16.4. The molecule has 12 nitrogen and oxygen atoms in total. The number of benzene rings is 1. The Balaban J connectivity index is 1.18. The van der Waals surface area contributed by atoms with Gasteiger partial charge in [-0.05, 0) is 102 Å². The number of fused-ring (bicyclic) bond motifs is 4. The summed E-state index contributed by atoms with van der Waals surface area (Å²) in [6, 6.07) is 10.4. The average Bonchev–Trinajstić information content (AvgIpc) is 3.72. The number of aryl methyl sites for hydroxylation is 2. The van der Waals surface area contributed by atoms with Crippen molar-refractivity contribution in [3.8, 4) is 22.8 Å². The van der Waals surface area contributed by atoms with Crippen LogP contribution in [0.3, 0.4) is 0 Å². The number of nitrogens with two attached hydrogens (primary N) is 2. The maximum atomic E-state index is 14.2. The standard InChI is InChI=1S/C36H41N5O7/c1-18-11-24(42)31-25(45-18)16-26-30(32(31)43)22-12-20(17-39-4)7-9-36(34(44)46-33(22)35(2,3)47-26)27(48-36)6-5-19-13-23(41-29(38)14-19)21-8-10-40-28(37)15-21/h8,10-11,13-16,20,22,27,33,39,43H,5-7,9,12,17H2,1-4H3,(H2,37,40)(H2,38,41). The van der Waals surface area contributed by atoms with Crippen LogP contribution in [-0.4, -0.2) is 58.0 Å². The molecule has 3 aliphatic heterocycles. The highest BCUT2D eigenvalue weighted by molar-refractivity contribution is 5.88. The fourth-order valence-corrected chi connectivity index (χ4v) is 7.71. The lowest BCUT2D eigenvalue weighted by Crippen LogP contribution is -2.52. The predicted molar refractivity (Wildman–Crippen MR) is 180 cm³/mol. The van der Waals surface area contributed by atoms with Gasteiger partial charge in [-0.2, -0.15) is 0 Å². The summed E-state index contributed by atoms with van der Waals surface area (Å²) in [6.45, 7) is 6.12. The molecule has 1 aromatic carbocycles. The molecule has 3 aliphatic rings. The number of rotatable bonds is 6. The van der Waals surface area contributed by atoms with Crippen LogP contribution in [0, 0.1) is 12.8 Å². The fourth-order valence-electron chi connectivity index (χ4n) is 7.71. The van der Waals surface area contributed by atoms with Gasteiger partial charge in [0, 0.05) is 35.4 Å². The van der Waals surface area contributed by atoms with Crippen molar-refractivity contribution in [1.82, 2.24) is 15.3 Å². The average molecular weight is 656 g/mol. The summed E-state index contributed by atoms with van der Waals surface area (Å²) in [5.41, 5.74) is 12.8. The smallest absolute Gasteiger partial charge is 0.341 e. The van der Waals surface area contributed by atoms with E-state index in [4.69, 9.17) is 30.1 Å². The number of epoxide rings is 1. The second-order valence-electron chi connectivity index (χ2n) is 13.9. The van der Waals surface area contributed by atoms with Crippen molar-refractivity contribution in [2.45, 2.75) is 82.2 Å². The van der Waals surface area contributed by atoms with E-state index in [2.05, 4.69) is 15.3 Å². The van der Waals surface area contributed by atoms with E-state index in [0.29, 0.717) is 73.1 Å². The van der Waals surface area contributed by atoms with Crippen LogP contribution in [-0.2, 0) is 20.7 Å². The topological polar surface area (TPSA) is 188 Å². The van der Waals surface area contributed by atoms with Crippen LogP contribution in [0.1, 0.15) is 62.3 Å². The van der Waals surface area contributed by atoms with Crippen LogP contribution in [0.15, 0.2) is 51.8 Å². The number of ether oxygens (including phenoxy) is 3. The Hall–Kier alpha value is -4.68. The Labute approximate surface area is 277 Å². The number of phenolic OH excluding ortho intramolecular Hbond substituents is 1. The van der Waals surface area contributed by atoms with Crippen LogP contribution >= 0.6 is 0 Å². The lowest BCUT2D eigenvalue weighted by Gasteiger charge is -2.45. The first-order valence-corrected chi connectivity index (χ1v) is 16.4. The highest BCUT2D eigenvalue weighted by Crippen LogP contribution is 2.54. The van der Waals surface area contributed by atoms with E-state index in [0.717, 1.165) is 11.1 Å². The number of aromatic nitrogens is 2. The number of hydrogen-bond donors (Lipinski definition) is 4. The SMILES string of the molecule is CNCC1CCC2(OC2CCc2cc(N)nc(-c3ccnc(N)c3)c2)C(=O)OC2C(C1)c1c(cc3oc(C)cc(=O)c3c1O)OC2(C)C. The number of anilines is 2. The fraction of sp³-hybridized carbons (Fsp3) is 0.444. The van der Waals surface area contributed by atoms with E-state index in [1.807, 2.05) is 39.1 Å². The Kier molecular flexibility index (Phi) is 7.83. The predicted octanol–water partition coefficient (Wildman–Crippen LogP) is 4.38. The Morgan fingerprint density at radius 3 is 2.69 bits per heavy atom. The number of pyridine rings is 2. The molecule has 3 aromatic heterocycles. The largest absolute Gasteiger partial charge is 0.507 e. The van der Waals surface area contributed by atoms with E-state index in [-0.39, 0.29) is 34.2 Å². The number of carbonyl (C=O) groups excluding carboxylic acids is 1. The molecule has 0 radical (unpaired) electrons. The zero-order valence-corrected chi connectivity index (χ0v) is 27.5. The van der Waals surface area contributed by atoms with E-state index >= 15 is 0 Å². The molecular formula is C36H41N5O7. The highest BCUT2D eigenvalue weighted by Gasteiger charge is 2.65. The number of hydrogen-bond acceptors (Lipinski definition) is 12. The van der Waals surface area contributed by atoms with Gasteiger partial charge in [0.2, 0.25) is 0 Å². The van der Waals surface area contributed by atoms with Crippen LogP contribution < -0.4 is 26.9 Å². The van der Waals surface area contributed by atoms with Gasteiger partial charge in [0.05, 0.1) is 11.8 Å². The monoisotopic (exact) mass is 655 g/mol. The second-order valence-corrected chi connectivity index (χ2v) is 13.9. The second kappa shape index (κ2) is 11.8. The number of phenols is 1. The van der Waals surface area contributed by atoms with Crippen molar-refractivity contribution in [3.63, 3.8) is 0 Å².